The van der Waals surface area contributed by atoms with Crippen LogP contribution in [-0.2, 0) is 0 Å². The molecule has 0 aliphatic rings. The molecule has 1 aromatic carbocycles. The van der Waals surface area contributed by atoms with Crippen LogP contribution in [0.5, 0.6) is 0 Å². The zero-order valence-electron chi connectivity index (χ0n) is 8.60. The maximum absolute atomic E-state index is 13.2. The van der Waals surface area contributed by atoms with E-state index in [0.717, 1.165) is 0 Å². The molecule has 0 spiro atoms. The smallest absolute Gasteiger partial charge is 0.258 e. The Morgan fingerprint density at radius 3 is 2.28 bits per heavy atom. The van der Waals surface area contributed by atoms with Crippen LogP contribution in [0.25, 0.3) is 11.4 Å². The Bertz CT molecular complexity index is 613. The first-order valence-electron chi connectivity index (χ1n) is 4.63. The van der Waals surface area contributed by atoms with E-state index in [9.17, 15) is 14.5 Å². The number of rotatable bonds is 2. The lowest BCUT2D eigenvalue weighted by molar-refractivity contribution is -0.384. The van der Waals surface area contributed by atoms with Gasteiger partial charge in [0, 0.05) is 6.07 Å². The van der Waals surface area contributed by atoms with Gasteiger partial charge in [-0.1, -0.05) is 35.3 Å². The van der Waals surface area contributed by atoms with E-state index >= 15 is 0 Å². The number of nitrogens with zero attached hydrogens (tertiary/aromatic N) is 3. The van der Waals surface area contributed by atoms with E-state index < -0.39 is 21.0 Å². The highest BCUT2D eigenvalue weighted by atomic mass is 35.5. The van der Waals surface area contributed by atoms with E-state index in [2.05, 4.69) is 9.97 Å². The molecule has 8 heteroatoms. The average molecular weight is 288 g/mol. The summed E-state index contributed by atoms with van der Waals surface area (Å²) in [5, 5.41) is 9.88. The summed E-state index contributed by atoms with van der Waals surface area (Å²) in [4.78, 5) is 17.5. The van der Waals surface area contributed by atoms with E-state index in [1.165, 1.54) is 18.2 Å². The van der Waals surface area contributed by atoms with Crippen LogP contribution in [0.2, 0.25) is 10.3 Å². The Balaban J connectivity index is 2.66. The van der Waals surface area contributed by atoms with Crippen molar-refractivity contribution in [2.24, 2.45) is 0 Å². The van der Waals surface area contributed by atoms with Gasteiger partial charge >= 0.3 is 0 Å². The fourth-order valence-electron chi connectivity index (χ4n) is 1.34. The molecule has 1 aromatic heterocycles. The minimum Gasteiger partial charge on any atom is -0.258 e. The molecular weight excluding hydrogens is 284 g/mol. The maximum Gasteiger partial charge on any atom is 0.280 e. The molecular formula is C10H4Cl2FN3O2. The summed E-state index contributed by atoms with van der Waals surface area (Å²) >= 11 is 11.0. The van der Waals surface area contributed by atoms with Crippen LogP contribution in [0.1, 0.15) is 0 Å². The summed E-state index contributed by atoms with van der Waals surface area (Å²) in [6.45, 7) is 0. The summed E-state index contributed by atoms with van der Waals surface area (Å²) in [6, 6.07) is 5.77. The molecule has 5 nitrogen and oxygen atoms in total. The number of benzene rings is 1. The second-order valence-electron chi connectivity index (χ2n) is 3.22. The lowest BCUT2D eigenvalue weighted by Gasteiger charge is -2.03. The van der Waals surface area contributed by atoms with Crippen LogP contribution in [0.4, 0.5) is 10.1 Å². The molecule has 0 aliphatic carbocycles. The van der Waals surface area contributed by atoms with E-state index in [4.69, 9.17) is 23.2 Å². The Hall–Kier alpha value is -1.79. The molecule has 0 aliphatic heterocycles. The molecule has 92 valence electrons. The molecule has 0 amide bonds. The van der Waals surface area contributed by atoms with Crippen LogP contribution in [0.3, 0.4) is 0 Å². The Morgan fingerprint density at radius 1 is 1.17 bits per heavy atom. The zero-order chi connectivity index (χ0) is 13.3. The van der Waals surface area contributed by atoms with Crippen molar-refractivity contribution in [2.75, 3.05) is 0 Å². The number of para-hydroxylation sites is 1. The van der Waals surface area contributed by atoms with Crippen LogP contribution < -0.4 is 0 Å². The number of nitro groups is 1. The van der Waals surface area contributed by atoms with Gasteiger partial charge in [-0.05, 0) is 6.07 Å². The highest BCUT2D eigenvalue weighted by Crippen LogP contribution is 2.29. The van der Waals surface area contributed by atoms with E-state index in [-0.39, 0.29) is 17.1 Å². The SMILES string of the molecule is O=[N+]([O-])c1ccccc1-c1nc(Cl)c(F)c(Cl)n1. The molecule has 0 fully saturated rings. The molecule has 1 heterocycles. The van der Waals surface area contributed by atoms with Crippen LogP contribution in [0.15, 0.2) is 24.3 Å². The van der Waals surface area contributed by atoms with Gasteiger partial charge in [-0.3, -0.25) is 10.1 Å². The van der Waals surface area contributed by atoms with Crippen molar-refractivity contribution < 1.29 is 9.31 Å². The largest absolute Gasteiger partial charge is 0.280 e. The molecule has 2 aromatic rings. The van der Waals surface area contributed by atoms with Crippen LogP contribution in [-0.4, -0.2) is 14.9 Å². The zero-order valence-corrected chi connectivity index (χ0v) is 10.1. The second-order valence-corrected chi connectivity index (χ2v) is 3.93. The Labute approximate surface area is 110 Å². The third kappa shape index (κ3) is 2.25. The van der Waals surface area contributed by atoms with Crippen molar-refractivity contribution in [3.8, 4) is 11.4 Å². The predicted octanol–water partition coefficient (Wildman–Crippen LogP) is 3.50. The van der Waals surface area contributed by atoms with Gasteiger partial charge < -0.3 is 0 Å². The quantitative estimate of drug-likeness (QED) is 0.482. The van der Waals surface area contributed by atoms with Crippen molar-refractivity contribution in [1.29, 1.82) is 0 Å². The van der Waals surface area contributed by atoms with Gasteiger partial charge in [0.1, 0.15) is 0 Å². The molecule has 0 saturated heterocycles. The number of hydrogen-bond acceptors (Lipinski definition) is 4. The van der Waals surface area contributed by atoms with Crippen molar-refractivity contribution >= 4 is 28.9 Å². The highest BCUT2D eigenvalue weighted by Gasteiger charge is 2.19. The van der Waals surface area contributed by atoms with Gasteiger partial charge in [0.2, 0.25) is 0 Å². The van der Waals surface area contributed by atoms with Crippen LogP contribution >= 0.6 is 23.2 Å². The lowest BCUT2D eigenvalue weighted by atomic mass is 10.1. The fourth-order valence-corrected chi connectivity index (χ4v) is 1.72. The number of halogens is 3. The van der Waals surface area contributed by atoms with Crippen LogP contribution in [0, 0.1) is 15.9 Å². The predicted molar refractivity (Wildman–Crippen MR) is 64.1 cm³/mol. The standard InChI is InChI=1S/C10H4Cl2FN3O2/c11-8-7(13)9(12)15-10(14-8)5-3-1-2-4-6(5)16(17)18/h1-4H. The van der Waals surface area contributed by atoms with E-state index in [1.54, 1.807) is 6.07 Å². The second kappa shape index (κ2) is 4.83. The summed E-state index contributed by atoms with van der Waals surface area (Å²) in [5.41, 5.74) is -0.0949. The van der Waals surface area contributed by atoms with Gasteiger partial charge in [0.15, 0.2) is 21.9 Å². The van der Waals surface area contributed by atoms with Crippen molar-refractivity contribution in [2.45, 2.75) is 0 Å². The van der Waals surface area contributed by atoms with E-state index in [1.807, 2.05) is 0 Å². The first kappa shape index (κ1) is 12.7. The Kier molecular flexibility index (Phi) is 3.40. The third-order valence-corrected chi connectivity index (χ3v) is 2.61. The molecule has 0 bridgehead atoms. The summed E-state index contributed by atoms with van der Waals surface area (Å²) in [6.07, 6.45) is 0. The molecule has 0 radical (unpaired) electrons. The van der Waals surface area contributed by atoms with E-state index in [0.29, 0.717) is 0 Å². The number of aromatic nitrogens is 2. The maximum atomic E-state index is 13.2. The monoisotopic (exact) mass is 287 g/mol. The van der Waals surface area contributed by atoms with Crippen molar-refractivity contribution in [3.05, 3.63) is 50.5 Å². The molecule has 0 N–H and O–H groups in total. The highest BCUT2D eigenvalue weighted by molar-refractivity contribution is 6.33. The average Bonchev–Trinajstić information content (AvgIpc) is 2.35. The first-order valence-corrected chi connectivity index (χ1v) is 5.38. The van der Waals surface area contributed by atoms with Gasteiger partial charge in [-0.15, -0.1) is 0 Å². The summed E-state index contributed by atoms with van der Waals surface area (Å²) in [5.74, 6) is -1.06. The van der Waals surface area contributed by atoms with Crippen molar-refractivity contribution in [1.82, 2.24) is 9.97 Å². The topological polar surface area (TPSA) is 68.9 Å². The lowest BCUT2D eigenvalue weighted by Crippen LogP contribution is -1.98. The van der Waals surface area contributed by atoms with Gasteiger partial charge in [0.25, 0.3) is 5.69 Å². The normalized spacial score (nSPS) is 10.4. The van der Waals surface area contributed by atoms with Gasteiger partial charge in [-0.2, -0.15) is 0 Å². The number of hydrogen-bond donors (Lipinski definition) is 0. The molecule has 0 atom stereocenters. The minimum atomic E-state index is -0.958. The van der Waals surface area contributed by atoms with Gasteiger partial charge in [-0.25, -0.2) is 14.4 Å². The van der Waals surface area contributed by atoms with Crippen molar-refractivity contribution in [3.63, 3.8) is 0 Å². The molecule has 2 rings (SSSR count). The molecule has 18 heavy (non-hydrogen) atoms. The Morgan fingerprint density at radius 2 is 1.72 bits per heavy atom. The summed E-state index contributed by atoms with van der Waals surface area (Å²) < 4.78 is 13.2. The fraction of sp³-hybridized carbons (Fsp3) is 0. The first-order chi connectivity index (χ1) is 8.50. The molecule has 0 saturated carbocycles. The number of nitro benzene ring substituents is 1. The van der Waals surface area contributed by atoms with Gasteiger partial charge in [0.05, 0.1) is 10.5 Å². The minimum absolute atomic E-state index is 0.0984. The molecule has 0 unspecified atom stereocenters. The third-order valence-electron chi connectivity index (χ3n) is 2.11. The summed E-state index contributed by atoms with van der Waals surface area (Å²) in [7, 11) is 0.